The summed E-state index contributed by atoms with van der Waals surface area (Å²) >= 11 is 3.39. The summed E-state index contributed by atoms with van der Waals surface area (Å²) in [7, 11) is 0. The predicted molar refractivity (Wildman–Crippen MR) is 63.5 cm³/mol. The molecule has 1 aromatic carbocycles. The Hall–Kier alpha value is -0.870. The van der Waals surface area contributed by atoms with E-state index in [1.807, 2.05) is 24.3 Å². The molecule has 4 heteroatoms. The second-order valence-corrected chi connectivity index (χ2v) is 4.75. The highest BCUT2D eigenvalue weighted by Gasteiger charge is 2.31. The highest BCUT2D eigenvalue weighted by molar-refractivity contribution is 9.10. The number of rotatable bonds is 2. The molecule has 15 heavy (non-hydrogen) atoms. The third-order valence-electron chi connectivity index (χ3n) is 2.68. The third kappa shape index (κ3) is 2.38. The lowest BCUT2D eigenvalue weighted by atomic mass is 9.80. The first-order chi connectivity index (χ1) is 7.16. The number of hydrogen-bond donors (Lipinski definition) is 2. The van der Waals surface area contributed by atoms with Gasteiger partial charge in [0.1, 0.15) is 0 Å². The molecule has 0 unspecified atom stereocenters. The second-order valence-electron chi connectivity index (χ2n) is 3.90. The van der Waals surface area contributed by atoms with Crippen molar-refractivity contribution in [1.29, 1.82) is 0 Å². The first kappa shape index (κ1) is 10.6. The molecular formula is C11H13BrN2O. The number of nitrogens with two attached hydrogens (primary N) is 1. The summed E-state index contributed by atoms with van der Waals surface area (Å²) in [6.45, 7) is 0. The Bertz CT molecular complexity index is 375. The minimum Gasteiger partial charge on any atom is -0.328 e. The third-order valence-corrected chi connectivity index (χ3v) is 3.37. The molecule has 0 bridgehead atoms. The smallest absolute Gasteiger partial charge is 0.227 e. The lowest BCUT2D eigenvalue weighted by molar-refractivity contribution is -0.122. The van der Waals surface area contributed by atoms with E-state index < -0.39 is 0 Å². The summed E-state index contributed by atoms with van der Waals surface area (Å²) in [5.41, 5.74) is 6.46. The molecule has 0 heterocycles. The van der Waals surface area contributed by atoms with Crippen LogP contribution in [-0.4, -0.2) is 11.9 Å². The SMILES string of the molecule is NC1CC(C(=O)Nc2ccccc2Br)C1. The fraction of sp³-hybridized carbons (Fsp3) is 0.364. The van der Waals surface area contributed by atoms with Gasteiger partial charge in [-0.15, -0.1) is 0 Å². The topological polar surface area (TPSA) is 55.1 Å². The van der Waals surface area contributed by atoms with Crippen molar-refractivity contribution < 1.29 is 4.79 Å². The fourth-order valence-electron chi connectivity index (χ4n) is 1.67. The van der Waals surface area contributed by atoms with Crippen LogP contribution >= 0.6 is 15.9 Å². The van der Waals surface area contributed by atoms with Gasteiger partial charge in [-0.2, -0.15) is 0 Å². The number of amides is 1. The van der Waals surface area contributed by atoms with E-state index in [-0.39, 0.29) is 17.9 Å². The maximum Gasteiger partial charge on any atom is 0.227 e. The Labute approximate surface area is 97.2 Å². The van der Waals surface area contributed by atoms with Gasteiger partial charge in [0.15, 0.2) is 0 Å². The van der Waals surface area contributed by atoms with E-state index >= 15 is 0 Å². The van der Waals surface area contributed by atoms with E-state index in [1.54, 1.807) is 0 Å². The van der Waals surface area contributed by atoms with Crippen LogP contribution in [0.3, 0.4) is 0 Å². The van der Waals surface area contributed by atoms with Gasteiger partial charge >= 0.3 is 0 Å². The summed E-state index contributed by atoms with van der Waals surface area (Å²) in [4.78, 5) is 11.7. The largest absolute Gasteiger partial charge is 0.328 e. The summed E-state index contributed by atoms with van der Waals surface area (Å²) in [6.07, 6.45) is 1.60. The van der Waals surface area contributed by atoms with Crippen LogP contribution in [0.15, 0.2) is 28.7 Å². The van der Waals surface area contributed by atoms with Gasteiger partial charge in [0.25, 0.3) is 0 Å². The number of carbonyl (C=O) groups excluding carboxylic acids is 1. The van der Waals surface area contributed by atoms with Crippen molar-refractivity contribution in [3.8, 4) is 0 Å². The number of carbonyl (C=O) groups is 1. The zero-order valence-corrected chi connectivity index (χ0v) is 9.83. The van der Waals surface area contributed by atoms with E-state index in [4.69, 9.17) is 5.73 Å². The van der Waals surface area contributed by atoms with Crippen molar-refractivity contribution in [2.75, 3.05) is 5.32 Å². The molecule has 0 aromatic heterocycles. The van der Waals surface area contributed by atoms with E-state index in [0.29, 0.717) is 0 Å². The summed E-state index contributed by atoms with van der Waals surface area (Å²) < 4.78 is 0.905. The molecule has 2 rings (SSSR count). The van der Waals surface area contributed by atoms with Gasteiger partial charge in [0.2, 0.25) is 5.91 Å². The molecule has 0 spiro atoms. The lowest BCUT2D eigenvalue weighted by Gasteiger charge is -2.31. The Balaban J connectivity index is 1.97. The molecule has 0 saturated heterocycles. The molecule has 3 N–H and O–H groups in total. The number of nitrogens with one attached hydrogen (secondary N) is 1. The monoisotopic (exact) mass is 268 g/mol. The van der Waals surface area contributed by atoms with Crippen LogP contribution in [0.1, 0.15) is 12.8 Å². The van der Waals surface area contributed by atoms with Crippen LogP contribution in [0.5, 0.6) is 0 Å². The van der Waals surface area contributed by atoms with Crippen molar-refractivity contribution in [2.24, 2.45) is 11.7 Å². The van der Waals surface area contributed by atoms with Crippen molar-refractivity contribution in [1.82, 2.24) is 0 Å². The number of para-hydroxylation sites is 1. The molecule has 80 valence electrons. The normalized spacial score (nSPS) is 24.4. The van der Waals surface area contributed by atoms with Crippen LogP contribution < -0.4 is 11.1 Å². The van der Waals surface area contributed by atoms with E-state index in [1.165, 1.54) is 0 Å². The van der Waals surface area contributed by atoms with Gasteiger partial charge in [0, 0.05) is 16.4 Å². The number of hydrogen-bond acceptors (Lipinski definition) is 2. The first-order valence-electron chi connectivity index (χ1n) is 4.98. The highest BCUT2D eigenvalue weighted by atomic mass is 79.9. The zero-order chi connectivity index (χ0) is 10.8. The second kappa shape index (κ2) is 4.33. The standard InChI is InChI=1S/C11H13BrN2O/c12-9-3-1-2-4-10(9)14-11(15)7-5-8(13)6-7/h1-4,7-8H,5-6,13H2,(H,14,15). The zero-order valence-electron chi connectivity index (χ0n) is 8.24. The summed E-state index contributed by atoms with van der Waals surface area (Å²) in [5, 5.41) is 2.89. The number of halogens is 1. The first-order valence-corrected chi connectivity index (χ1v) is 5.77. The maximum absolute atomic E-state index is 11.7. The van der Waals surface area contributed by atoms with Crippen LogP contribution in [0, 0.1) is 5.92 Å². The Morgan fingerprint density at radius 2 is 2.07 bits per heavy atom. The minimum atomic E-state index is 0.0728. The summed E-state index contributed by atoms with van der Waals surface area (Å²) in [5.74, 6) is 0.163. The van der Waals surface area contributed by atoms with Crippen molar-refractivity contribution in [3.63, 3.8) is 0 Å². The van der Waals surface area contributed by atoms with Crippen LogP contribution in [0.4, 0.5) is 5.69 Å². The van der Waals surface area contributed by atoms with Gasteiger partial charge in [-0.1, -0.05) is 12.1 Å². The van der Waals surface area contributed by atoms with Crippen molar-refractivity contribution >= 4 is 27.5 Å². The average molecular weight is 269 g/mol. The van der Waals surface area contributed by atoms with Gasteiger partial charge < -0.3 is 11.1 Å². The molecule has 1 aliphatic rings. The Kier molecular flexibility index (Phi) is 3.07. The summed E-state index contributed by atoms with van der Waals surface area (Å²) in [6, 6.07) is 7.80. The highest BCUT2D eigenvalue weighted by Crippen LogP contribution is 2.28. The van der Waals surface area contributed by atoms with E-state index in [2.05, 4.69) is 21.2 Å². The van der Waals surface area contributed by atoms with Gasteiger partial charge in [-0.3, -0.25) is 4.79 Å². The Morgan fingerprint density at radius 3 is 2.67 bits per heavy atom. The number of benzene rings is 1. The van der Waals surface area contributed by atoms with Crippen LogP contribution in [-0.2, 0) is 4.79 Å². The fourth-order valence-corrected chi connectivity index (χ4v) is 2.06. The minimum absolute atomic E-state index is 0.0728. The number of anilines is 1. The molecule has 0 aliphatic heterocycles. The molecule has 1 saturated carbocycles. The lowest BCUT2D eigenvalue weighted by Crippen LogP contribution is -2.42. The van der Waals surface area contributed by atoms with Crippen molar-refractivity contribution in [3.05, 3.63) is 28.7 Å². The van der Waals surface area contributed by atoms with E-state index in [0.717, 1.165) is 23.0 Å². The molecule has 0 atom stereocenters. The molecule has 1 aromatic rings. The maximum atomic E-state index is 11.7. The predicted octanol–water partition coefficient (Wildman–Crippen LogP) is 2.12. The van der Waals surface area contributed by atoms with Gasteiger partial charge in [0.05, 0.1) is 5.69 Å². The molecule has 1 fully saturated rings. The van der Waals surface area contributed by atoms with Crippen LogP contribution in [0.2, 0.25) is 0 Å². The molecule has 1 aliphatic carbocycles. The Morgan fingerprint density at radius 1 is 1.40 bits per heavy atom. The quantitative estimate of drug-likeness (QED) is 0.864. The van der Waals surface area contributed by atoms with E-state index in [9.17, 15) is 4.79 Å². The van der Waals surface area contributed by atoms with Gasteiger partial charge in [-0.25, -0.2) is 0 Å². The van der Waals surface area contributed by atoms with Crippen LogP contribution in [0.25, 0.3) is 0 Å². The molecule has 1 amide bonds. The van der Waals surface area contributed by atoms with Crippen molar-refractivity contribution in [2.45, 2.75) is 18.9 Å². The molecular weight excluding hydrogens is 256 g/mol. The molecule has 0 radical (unpaired) electrons. The molecule has 3 nitrogen and oxygen atoms in total. The average Bonchev–Trinajstić information content (AvgIpc) is 2.17. The van der Waals surface area contributed by atoms with Gasteiger partial charge in [-0.05, 0) is 40.9 Å².